The number of rotatable bonds is 9. The molecule has 0 radical (unpaired) electrons. The van der Waals surface area contributed by atoms with E-state index in [0.717, 1.165) is 5.56 Å². The predicted octanol–water partition coefficient (Wildman–Crippen LogP) is 3.28. The second-order valence-electron chi connectivity index (χ2n) is 7.44. The first kappa shape index (κ1) is 23.3. The number of sulfonamides is 1. The van der Waals surface area contributed by atoms with Gasteiger partial charge in [0.15, 0.2) is 0 Å². The van der Waals surface area contributed by atoms with E-state index in [1.54, 1.807) is 19.1 Å². The predicted molar refractivity (Wildman–Crippen MR) is 115 cm³/mol. The van der Waals surface area contributed by atoms with Crippen molar-refractivity contribution in [3.05, 3.63) is 64.2 Å². The topological polar surface area (TPSA) is 84.5 Å². The molecule has 6 nitrogen and oxygen atoms in total. The second kappa shape index (κ2) is 9.71. The fourth-order valence-electron chi connectivity index (χ4n) is 2.78. The summed E-state index contributed by atoms with van der Waals surface area (Å²) in [6.07, 6.45) is 0. The molecule has 2 rings (SSSR count). The molecule has 0 aliphatic heterocycles. The van der Waals surface area contributed by atoms with Crippen molar-refractivity contribution in [1.29, 1.82) is 0 Å². The Hall–Kier alpha value is -1.93. The SMILES string of the molecule is COCCNS(=O)(=O)c1ccc(C)c(C(=O)NCC(C)(C)c2cccc(Cl)c2)c1. The van der Waals surface area contributed by atoms with Crippen molar-refractivity contribution in [2.45, 2.75) is 31.1 Å². The van der Waals surface area contributed by atoms with E-state index >= 15 is 0 Å². The van der Waals surface area contributed by atoms with Crippen LogP contribution in [-0.4, -0.2) is 41.1 Å². The Labute approximate surface area is 177 Å². The van der Waals surface area contributed by atoms with Crippen molar-refractivity contribution in [3.63, 3.8) is 0 Å². The molecule has 0 saturated heterocycles. The Bertz CT molecular complexity index is 974. The van der Waals surface area contributed by atoms with Crippen LogP contribution in [0.5, 0.6) is 0 Å². The molecular formula is C21H27ClN2O4S. The maximum atomic E-state index is 12.8. The van der Waals surface area contributed by atoms with Crippen LogP contribution in [0.15, 0.2) is 47.4 Å². The summed E-state index contributed by atoms with van der Waals surface area (Å²) in [6.45, 7) is 6.57. The summed E-state index contributed by atoms with van der Waals surface area (Å²) < 4.78 is 32.1. The molecule has 0 bridgehead atoms. The average Bonchev–Trinajstić information content (AvgIpc) is 2.66. The number of methoxy groups -OCH3 is 1. The van der Waals surface area contributed by atoms with Gasteiger partial charge >= 0.3 is 0 Å². The number of amides is 1. The van der Waals surface area contributed by atoms with E-state index in [-0.39, 0.29) is 29.4 Å². The lowest BCUT2D eigenvalue weighted by Gasteiger charge is -2.26. The molecule has 0 heterocycles. The van der Waals surface area contributed by atoms with Gasteiger partial charge in [-0.1, -0.05) is 43.6 Å². The van der Waals surface area contributed by atoms with Gasteiger partial charge in [-0.05, 0) is 42.3 Å². The average molecular weight is 439 g/mol. The van der Waals surface area contributed by atoms with Gasteiger partial charge in [-0.3, -0.25) is 4.79 Å². The number of aryl methyl sites for hydroxylation is 1. The molecule has 0 saturated carbocycles. The molecule has 158 valence electrons. The van der Waals surface area contributed by atoms with Crippen LogP contribution in [0.2, 0.25) is 5.02 Å². The Balaban J connectivity index is 2.16. The minimum absolute atomic E-state index is 0.0402. The quantitative estimate of drug-likeness (QED) is 0.588. The number of carbonyl (C=O) groups is 1. The fraction of sp³-hybridized carbons (Fsp3) is 0.381. The van der Waals surface area contributed by atoms with E-state index in [0.29, 0.717) is 22.7 Å². The first-order valence-electron chi connectivity index (χ1n) is 9.20. The molecule has 1 amide bonds. The van der Waals surface area contributed by atoms with Crippen molar-refractivity contribution in [1.82, 2.24) is 10.0 Å². The van der Waals surface area contributed by atoms with Crippen LogP contribution in [0, 0.1) is 6.92 Å². The largest absolute Gasteiger partial charge is 0.383 e. The highest BCUT2D eigenvalue weighted by molar-refractivity contribution is 7.89. The summed E-state index contributed by atoms with van der Waals surface area (Å²) in [4.78, 5) is 12.8. The minimum Gasteiger partial charge on any atom is -0.383 e. The van der Waals surface area contributed by atoms with E-state index in [9.17, 15) is 13.2 Å². The minimum atomic E-state index is -3.72. The molecule has 2 N–H and O–H groups in total. The molecule has 2 aromatic carbocycles. The Kier molecular flexibility index (Phi) is 7.82. The van der Waals surface area contributed by atoms with E-state index < -0.39 is 10.0 Å². The van der Waals surface area contributed by atoms with E-state index in [1.807, 2.05) is 32.0 Å². The highest BCUT2D eigenvalue weighted by atomic mass is 35.5. The Morgan fingerprint density at radius 1 is 1.17 bits per heavy atom. The van der Waals surface area contributed by atoms with Crippen LogP contribution in [0.4, 0.5) is 0 Å². The Morgan fingerprint density at radius 3 is 2.55 bits per heavy atom. The molecule has 8 heteroatoms. The van der Waals surface area contributed by atoms with Gasteiger partial charge in [0.05, 0.1) is 11.5 Å². The number of carbonyl (C=O) groups excluding carboxylic acids is 1. The van der Waals surface area contributed by atoms with Crippen LogP contribution in [0.3, 0.4) is 0 Å². The molecule has 0 fully saturated rings. The molecule has 29 heavy (non-hydrogen) atoms. The van der Waals surface area contributed by atoms with Crippen molar-refractivity contribution < 1.29 is 17.9 Å². The van der Waals surface area contributed by atoms with Crippen LogP contribution in [0.25, 0.3) is 0 Å². The highest BCUT2D eigenvalue weighted by Crippen LogP contribution is 2.25. The summed E-state index contributed by atoms with van der Waals surface area (Å²) in [5.74, 6) is -0.327. The molecule has 0 aliphatic carbocycles. The maximum Gasteiger partial charge on any atom is 0.251 e. The fourth-order valence-corrected chi connectivity index (χ4v) is 4.01. The molecule has 0 aliphatic rings. The molecule has 0 atom stereocenters. The first-order chi connectivity index (χ1) is 13.6. The molecule has 0 spiro atoms. The van der Waals surface area contributed by atoms with Crippen molar-refractivity contribution in [2.75, 3.05) is 26.8 Å². The van der Waals surface area contributed by atoms with Crippen molar-refractivity contribution in [2.24, 2.45) is 0 Å². The number of hydrogen-bond acceptors (Lipinski definition) is 4. The molecular weight excluding hydrogens is 412 g/mol. The number of halogens is 1. The summed E-state index contributed by atoms with van der Waals surface area (Å²) in [5.41, 5.74) is 1.67. The van der Waals surface area contributed by atoms with E-state index in [1.165, 1.54) is 19.2 Å². The van der Waals surface area contributed by atoms with Crippen molar-refractivity contribution >= 4 is 27.5 Å². The summed E-state index contributed by atoms with van der Waals surface area (Å²) in [7, 11) is -2.23. The van der Waals surface area contributed by atoms with E-state index in [2.05, 4.69) is 10.0 Å². The lowest BCUT2D eigenvalue weighted by Crippen LogP contribution is -2.37. The van der Waals surface area contributed by atoms with Gasteiger partial charge in [0.2, 0.25) is 10.0 Å². The maximum absolute atomic E-state index is 12.8. The number of hydrogen-bond donors (Lipinski definition) is 2. The summed E-state index contributed by atoms with van der Waals surface area (Å²) in [5, 5.41) is 3.55. The smallest absolute Gasteiger partial charge is 0.251 e. The van der Waals surface area contributed by atoms with Gasteiger partial charge in [0, 0.05) is 36.2 Å². The molecule has 0 aromatic heterocycles. The van der Waals surface area contributed by atoms with Gasteiger partial charge in [-0.25, -0.2) is 13.1 Å². The first-order valence-corrected chi connectivity index (χ1v) is 11.1. The van der Waals surface area contributed by atoms with Gasteiger partial charge in [0.25, 0.3) is 5.91 Å². The lowest BCUT2D eigenvalue weighted by atomic mass is 9.84. The third-order valence-corrected chi connectivity index (χ3v) is 6.35. The van der Waals surface area contributed by atoms with Crippen LogP contribution >= 0.6 is 11.6 Å². The zero-order valence-electron chi connectivity index (χ0n) is 17.1. The van der Waals surface area contributed by atoms with E-state index in [4.69, 9.17) is 16.3 Å². The Morgan fingerprint density at radius 2 is 1.90 bits per heavy atom. The number of ether oxygens (including phenoxy) is 1. The summed E-state index contributed by atoms with van der Waals surface area (Å²) >= 11 is 6.08. The van der Waals surface area contributed by atoms with Gasteiger partial charge in [-0.15, -0.1) is 0 Å². The lowest BCUT2D eigenvalue weighted by molar-refractivity contribution is 0.0945. The normalized spacial score (nSPS) is 12.0. The monoisotopic (exact) mass is 438 g/mol. The van der Waals surface area contributed by atoms with Crippen LogP contribution in [-0.2, 0) is 20.2 Å². The standard InChI is InChI=1S/C21H27ClN2O4S/c1-15-8-9-18(29(26,27)24-10-11-28-4)13-19(15)20(25)23-14-21(2,3)16-6-5-7-17(22)12-16/h5-9,12-13,24H,10-11,14H2,1-4H3,(H,23,25). The highest BCUT2D eigenvalue weighted by Gasteiger charge is 2.23. The van der Waals surface area contributed by atoms with Gasteiger partial charge in [-0.2, -0.15) is 0 Å². The van der Waals surface area contributed by atoms with Gasteiger partial charge < -0.3 is 10.1 Å². The molecule has 2 aromatic rings. The number of benzene rings is 2. The van der Waals surface area contributed by atoms with Crippen molar-refractivity contribution in [3.8, 4) is 0 Å². The van der Waals surface area contributed by atoms with Crippen LogP contribution in [0.1, 0.15) is 35.3 Å². The molecule has 0 unspecified atom stereocenters. The third-order valence-electron chi connectivity index (χ3n) is 4.66. The summed E-state index contributed by atoms with van der Waals surface area (Å²) in [6, 6.07) is 12.0. The van der Waals surface area contributed by atoms with Gasteiger partial charge in [0.1, 0.15) is 0 Å². The number of nitrogens with one attached hydrogen (secondary N) is 2. The third kappa shape index (κ3) is 6.27. The zero-order valence-corrected chi connectivity index (χ0v) is 18.7. The zero-order chi connectivity index (χ0) is 21.7. The second-order valence-corrected chi connectivity index (χ2v) is 9.65. The van der Waals surface area contributed by atoms with Crippen LogP contribution < -0.4 is 10.0 Å².